The molecular weight excluding hydrogens is 657 g/mol. The molecule has 1 unspecified atom stereocenters. The Morgan fingerprint density at radius 2 is 1.88 bits per heavy atom. The Kier molecular flexibility index (Phi) is 10.3. The molecule has 1 aliphatic carbocycles. The topological polar surface area (TPSA) is 157 Å². The molecule has 1 aliphatic heterocycles. The van der Waals surface area contributed by atoms with Crippen LogP contribution in [0.2, 0.25) is 10.2 Å². The summed E-state index contributed by atoms with van der Waals surface area (Å²) in [4.78, 5) is 40.0. The van der Waals surface area contributed by atoms with Crippen molar-refractivity contribution >= 4 is 52.9 Å². The van der Waals surface area contributed by atoms with Gasteiger partial charge in [-0.3, -0.25) is 14.9 Å². The van der Waals surface area contributed by atoms with Crippen molar-refractivity contribution in [3.63, 3.8) is 0 Å². The fourth-order valence-electron chi connectivity index (χ4n) is 5.82. The van der Waals surface area contributed by atoms with Crippen molar-refractivity contribution in [3.05, 3.63) is 82.4 Å². The van der Waals surface area contributed by atoms with Crippen molar-refractivity contribution in [1.82, 2.24) is 40.6 Å². The van der Waals surface area contributed by atoms with Crippen molar-refractivity contribution in [3.8, 4) is 16.8 Å². The van der Waals surface area contributed by atoms with E-state index in [4.69, 9.17) is 23.2 Å². The number of anilines is 1. The number of rotatable bonds is 10. The van der Waals surface area contributed by atoms with Gasteiger partial charge in [0.25, 0.3) is 0 Å². The maximum Gasteiger partial charge on any atom is 0.411 e. The number of hydrogen-bond donors (Lipinski definition) is 2. The summed E-state index contributed by atoms with van der Waals surface area (Å²) in [7, 11) is 1.29. The molecule has 2 aromatic heterocycles. The molecule has 1 saturated carbocycles. The van der Waals surface area contributed by atoms with Crippen LogP contribution in [0.3, 0.4) is 0 Å². The third-order valence-electron chi connectivity index (χ3n) is 8.39. The molecule has 6 rings (SSSR count). The Hall–Kier alpha value is -4.88. The molecule has 2 N–H and O–H groups in total. The van der Waals surface area contributed by atoms with E-state index in [9.17, 15) is 14.4 Å². The molecule has 15 heteroatoms. The molecule has 2 fully saturated rings. The summed E-state index contributed by atoms with van der Waals surface area (Å²) >= 11 is 12.8. The maximum atomic E-state index is 13.5. The maximum absolute atomic E-state index is 13.5. The lowest BCUT2D eigenvalue weighted by molar-refractivity contribution is -0.134. The number of likely N-dealkylation sites (tertiary alicyclic amines) is 1. The number of methoxy groups -OCH3 is 1. The lowest BCUT2D eigenvalue weighted by Crippen LogP contribution is -2.42. The smallest absolute Gasteiger partial charge is 0.411 e. The number of nitrogens with one attached hydrogen (secondary N) is 2. The average Bonchev–Trinajstić information content (AvgIpc) is 3.81. The van der Waals surface area contributed by atoms with Crippen LogP contribution >= 0.6 is 23.2 Å². The number of tetrazole rings is 1. The molecule has 1 saturated heterocycles. The lowest BCUT2D eigenvalue weighted by atomic mass is 9.89. The van der Waals surface area contributed by atoms with E-state index in [2.05, 4.69) is 41.1 Å². The molecule has 2 aromatic carbocycles. The number of carbonyl (C=O) groups excluding carboxylic acids is 3. The zero-order valence-corrected chi connectivity index (χ0v) is 27.6. The second kappa shape index (κ2) is 14.9. The van der Waals surface area contributed by atoms with E-state index < -0.39 is 12.1 Å². The molecule has 0 radical (unpaired) electrons. The quantitative estimate of drug-likeness (QED) is 0.205. The number of benzene rings is 2. The normalized spacial score (nSPS) is 16.8. The van der Waals surface area contributed by atoms with Gasteiger partial charge >= 0.3 is 6.09 Å². The monoisotopic (exact) mass is 689 g/mol. The molecule has 0 spiro atoms. The summed E-state index contributed by atoms with van der Waals surface area (Å²) < 4.78 is 6.15. The Balaban J connectivity index is 1.26. The largest absolute Gasteiger partial charge is 0.453 e. The van der Waals surface area contributed by atoms with Gasteiger partial charge in [-0.25, -0.2) is 4.79 Å². The molecule has 48 heavy (non-hydrogen) atoms. The first-order valence-electron chi connectivity index (χ1n) is 15.6. The van der Waals surface area contributed by atoms with Crippen molar-refractivity contribution in [2.24, 2.45) is 11.8 Å². The highest BCUT2D eigenvalue weighted by Crippen LogP contribution is 2.35. The van der Waals surface area contributed by atoms with Gasteiger partial charge in [-0.2, -0.15) is 9.78 Å². The van der Waals surface area contributed by atoms with Crippen LogP contribution in [0, 0.1) is 11.8 Å². The molecule has 0 bridgehead atoms. The van der Waals surface area contributed by atoms with Gasteiger partial charge in [0, 0.05) is 46.9 Å². The predicted molar refractivity (Wildman–Crippen MR) is 179 cm³/mol. The summed E-state index contributed by atoms with van der Waals surface area (Å²) in [6, 6.07) is 13.5. The van der Waals surface area contributed by atoms with E-state index in [-0.39, 0.29) is 28.8 Å². The third-order valence-corrected chi connectivity index (χ3v) is 8.91. The van der Waals surface area contributed by atoms with E-state index >= 15 is 0 Å². The Morgan fingerprint density at radius 3 is 2.60 bits per heavy atom. The number of nitrogens with zero attached hydrogens (tertiary/aromatic N) is 7. The molecule has 248 valence electrons. The Bertz CT molecular complexity index is 1810. The van der Waals surface area contributed by atoms with E-state index in [1.807, 2.05) is 11.0 Å². The molecular formula is C33H33Cl2N9O4. The first-order valence-corrected chi connectivity index (χ1v) is 16.3. The zero-order chi connectivity index (χ0) is 33.6. The number of halogens is 2. The SMILES string of the molecule is COC(=O)Nc1ccc(-c2cc([C@H](CC3CCCN(C(=O)C4CC4)C3)NC(=O)C=Cc3cc(Cl)ccc3-n3cnnn3)nnc2Cl)cc1. The second-order valence-electron chi connectivity index (χ2n) is 11.8. The summed E-state index contributed by atoms with van der Waals surface area (Å²) in [5.74, 6) is 0.149. The zero-order valence-electron chi connectivity index (χ0n) is 26.1. The lowest BCUT2D eigenvalue weighted by Gasteiger charge is -2.34. The van der Waals surface area contributed by atoms with Crippen LogP contribution in [0.25, 0.3) is 22.9 Å². The summed E-state index contributed by atoms with van der Waals surface area (Å²) in [6.45, 7) is 1.37. The van der Waals surface area contributed by atoms with Crippen LogP contribution in [0.1, 0.15) is 49.4 Å². The number of carbonyl (C=O) groups is 3. The van der Waals surface area contributed by atoms with Gasteiger partial charge < -0.3 is 15.0 Å². The number of ether oxygens (including phenoxy) is 1. The number of hydrogen-bond acceptors (Lipinski definition) is 9. The summed E-state index contributed by atoms with van der Waals surface area (Å²) in [5.41, 5.74) is 3.71. The fraction of sp³-hybridized carbons (Fsp3) is 0.333. The van der Waals surface area contributed by atoms with Gasteiger partial charge in [0.05, 0.1) is 24.5 Å². The van der Waals surface area contributed by atoms with Crippen molar-refractivity contribution < 1.29 is 19.1 Å². The minimum atomic E-state index is -0.580. The van der Waals surface area contributed by atoms with Crippen LogP contribution in [-0.2, 0) is 14.3 Å². The molecule has 4 aromatic rings. The van der Waals surface area contributed by atoms with E-state index in [0.29, 0.717) is 46.2 Å². The minimum Gasteiger partial charge on any atom is -0.453 e. The van der Waals surface area contributed by atoms with Gasteiger partial charge in [0.2, 0.25) is 11.8 Å². The number of aromatic nitrogens is 6. The first-order chi connectivity index (χ1) is 23.3. The second-order valence-corrected chi connectivity index (χ2v) is 12.6. The summed E-state index contributed by atoms with van der Waals surface area (Å²) in [6.07, 6.45) is 8.20. The average molecular weight is 691 g/mol. The van der Waals surface area contributed by atoms with Crippen LogP contribution in [-0.4, -0.2) is 73.4 Å². The van der Waals surface area contributed by atoms with Gasteiger partial charge in [-0.1, -0.05) is 35.3 Å². The van der Waals surface area contributed by atoms with Crippen LogP contribution in [0.15, 0.2) is 60.9 Å². The highest BCUT2D eigenvalue weighted by Gasteiger charge is 2.36. The molecule has 13 nitrogen and oxygen atoms in total. The molecule has 2 aliphatic rings. The van der Waals surface area contributed by atoms with Crippen molar-refractivity contribution in [2.45, 2.75) is 38.1 Å². The van der Waals surface area contributed by atoms with Crippen LogP contribution in [0.5, 0.6) is 0 Å². The first kappa shape index (κ1) is 33.0. The molecule has 3 amide bonds. The predicted octanol–water partition coefficient (Wildman–Crippen LogP) is 5.51. The number of amides is 3. The van der Waals surface area contributed by atoms with Crippen LogP contribution in [0.4, 0.5) is 10.5 Å². The fourth-order valence-corrected chi connectivity index (χ4v) is 6.21. The third kappa shape index (κ3) is 8.15. The Morgan fingerprint density at radius 1 is 1.06 bits per heavy atom. The molecule has 3 heterocycles. The van der Waals surface area contributed by atoms with Gasteiger partial charge in [0.1, 0.15) is 6.33 Å². The van der Waals surface area contributed by atoms with Gasteiger partial charge in [0.15, 0.2) is 5.15 Å². The highest BCUT2D eigenvalue weighted by atomic mass is 35.5. The van der Waals surface area contributed by atoms with E-state index in [1.54, 1.807) is 48.5 Å². The minimum absolute atomic E-state index is 0.139. The standard InChI is InChI=1S/C33H33Cl2N9O4/c1-48-33(47)37-25-10-6-21(7-11-25)26-17-28(39-40-31(26)35)27(15-20-3-2-14-43(18-20)32(46)22-4-5-22)38-30(45)13-8-23-16-24(34)9-12-29(23)44-19-36-41-42-44/h6-13,16-17,19-20,22,27H,2-5,14-15,18H2,1H3,(H,37,47)(H,38,45)/t20?,27-/m0/s1. The van der Waals surface area contributed by atoms with Gasteiger partial charge in [-0.15, -0.1) is 10.2 Å². The van der Waals surface area contributed by atoms with Crippen molar-refractivity contribution in [1.29, 1.82) is 0 Å². The number of piperidine rings is 1. The van der Waals surface area contributed by atoms with Crippen LogP contribution < -0.4 is 10.6 Å². The summed E-state index contributed by atoms with van der Waals surface area (Å²) in [5, 5.41) is 26.4. The van der Waals surface area contributed by atoms with Crippen molar-refractivity contribution in [2.75, 3.05) is 25.5 Å². The molecule has 2 atom stereocenters. The van der Waals surface area contributed by atoms with Gasteiger partial charge in [-0.05, 0) is 96.5 Å². The van der Waals surface area contributed by atoms with E-state index in [1.165, 1.54) is 24.2 Å². The van der Waals surface area contributed by atoms with E-state index in [0.717, 1.165) is 37.8 Å². The Labute approximate surface area is 286 Å². The highest BCUT2D eigenvalue weighted by molar-refractivity contribution is 6.32.